The van der Waals surface area contributed by atoms with Crippen molar-refractivity contribution in [2.45, 2.75) is 6.10 Å². The molecule has 1 fully saturated rings. The van der Waals surface area contributed by atoms with Crippen molar-refractivity contribution in [1.29, 1.82) is 0 Å². The van der Waals surface area contributed by atoms with E-state index >= 15 is 0 Å². The largest absolute Gasteiger partial charge is 0.378 e. The Labute approximate surface area is 168 Å². The molecule has 0 radical (unpaired) electrons. The molecule has 1 aliphatic rings. The van der Waals surface area contributed by atoms with E-state index in [1.165, 1.54) is 0 Å². The fourth-order valence-corrected chi connectivity index (χ4v) is 3.56. The van der Waals surface area contributed by atoms with Crippen LogP contribution in [0.25, 0.3) is 33.5 Å². The number of hydrogen-bond acceptors (Lipinski definition) is 4. The van der Waals surface area contributed by atoms with Gasteiger partial charge < -0.3 is 14.6 Å². The average molecular weight is 384 g/mol. The number of pyridine rings is 2. The molecule has 6 heteroatoms. The Balaban J connectivity index is 1.44. The maximum atomic E-state index is 12.6. The number of carbonyl (C=O) groups excluding carboxylic acids is 1. The first kappa shape index (κ1) is 17.6. The van der Waals surface area contributed by atoms with E-state index in [4.69, 9.17) is 4.74 Å². The van der Waals surface area contributed by atoms with E-state index in [1.807, 2.05) is 36.4 Å². The monoisotopic (exact) mass is 384 g/mol. The molecular formula is C23H20N4O2. The van der Waals surface area contributed by atoms with Crippen LogP contribution in [0.4, 0.5) is 0 Å². The highest BCUT2D eigenvalue weighted by molar-refractivity contribution is 5.93. The fourth-order valence-electron chi connectivity index (χ4n) is 3.56. The van der Waals surface area contributed by atoms with Gasteiger partial charge in [-0.1, -0.05) is 36.4 Å². The number of aromatic nitrogens is 3. The molecule has 1 aliphatic heterocycles. The van der Waals surface area contributed by atoms with Gasteiger partial charge in [-0.2, -0.15) is 0 Å². The zero-order valence-electron chi connectivity index (χ0n) is 16.0. The number of carbonyl (C=O) groups is 1. The van der Waals surface area contributed by atoms with Crippen LogP contribution in [-0.2, 0) is 4.74 Å². The van der Waals surface area contributed by atoms with Crippen molar-refractivity contribution < 1.29 is 9.53 Å². The van der Waals surface area contributed by atoms with Crippen LogP contribution >= 0.6 is 0 Å². The molecule has 1 aromatic carbocycles. The predicted molar refractivity (Wildman–Crippen MR) is 111 cm³/mol. The topological polar surface area (TPSA) is 71.1 Å². The summed E-state index contributed by atoms with van der Waals surface area (Å²) in [7, 11) is 1.67. The van der Waals surface area contributed by atoms with Gasteiger partial charge in [-0.25, -0.2) is 9.97 Å². The molecule has 6 nitrogen and oxygen atoms in total. The summed E-state index contributed by atoms with van der Waals surface area (Å²) in [4.78, 5) is 26.9. The second-order valence-electron chi connectivity index (χ2n) is 7.19. The Morgan fingerprint density at radius 2 is 1.90 bits per heavy atom. The molecule has 0 spiro atoms. The lowest BCUT2D eigenvalue weighted by Gasteiger charge is -2.37. The zero-order chi connectivity index (χ0) is 19.8. The third-order valence-electron chi connectivity index (χ3n) is 5.29. The summed E-state index contributed by atoms with van der Waals surface area (Å²) in [5, 5.41) is 1.01. The quantitative estimate of drug-likeness (QED) is 0.582. The molecule has 29 heavy (non-hydrogen) atoms. The van der Waals surface area contributed by atoms with Crippen LogP contribution in [0.1, 0.15) is 10.5 Å². The molecule has 4 heterocycles. The van der Waals surface area contributed by atoms with Crippen molar-refractivity contribution in [2.75, 3.05) is 20.2 Å². The number of aromatic amines is 1. The molecule has 0 unspecified atom stereocenters. The molecule has 1 amide bonds. The van der Waals surface area contributed by atoms with Crippen molar-refractivity contribution >= 4 is 16.9 Å². The number of rotatable bonds is 4. The number of benzene rings is 1. The Bertz CT molecular complexity index is 1180. The van der Waals surface area contributed by atoms with E-state index in [1.54, 1.807) is 24.3 Å². The van der Waals surface area contributed by atoms with Crippen LogP contribution in [0.2, 0.25) is 0 Å². The lowest BCUT2D eigenvalue weighted by atomic mass is 10.1. The molecule has 4 aromatic rings. The number of nitrogens with one attached hydrogen (secondary N) is 1. The minimum atomic E-state index is -0.0674. The average Bonchev–Trinajstić information content (AvgIpc) is 3.17. The second kappa shape index (κ2) is 7.14. The van der Waals surface area contributed by atoms with Crippen molar-refractivity contribution in [3.63, 3.8) is 0 Å². The Kier molecular flexibility index (Phi) is 4.33. The van der Waals surface area contributed by atoms with Gasteiger partial charge in [0, 0.05) is 43.0 Å². The summed E-state index contributed by atoms with van der Waals surface area (Å²) >= 11 is 0. The Hall–Kier alpha value is -3.51. The van der Waals surface area contributed by atoms with Crippen molar-refractivity contribution in [2.24, 2.45) is 0 Å². The zero-order valence-corrected chi connectivity index (χ0v) is 16.0. The molecular weight excluding hydrogens is 364 g/mol. The number of ether oxygens (including phenoxy) is 1. The van der Waals surface area contributed by atoms with Crippen LogP contribution in [0, 0.1) is 0 Å². The minimum absolute atomic E-state index is 0.0674. The third kappa shape index (κ3) is 3.28. The highest BCUT2D eigenvalue weighted by atomic mass is 16.5. The molecule has 3 aromatic heterocycles. The van der Waals surface area contributed by atoms with Crippen LogP contribution in [0.3, 0.4) is 0 Å². The van der Waals surface area contributed by atoms with Crippen LogP contribution < -0.4 is 0 Å². The number of likely N-dealkylation sites (tertiary alicyclic amines) is 1. The SMILES string of the molecule is COC1CN(C(=O)c2cccc(-c3cnc4[nH]c(-c5ccccc5)cc4c3)n2)C1. The van der Waals surface area contributed by atoms with Gasteiger partial charge in [-0.15, -0.1) is 0 Å². The number of hydrogen-bond donors (Lipinski definition) is 1. The normalized spacial score (nSPS) is 14.2. The summed E-state index contributed by atoms with van der Waals surface area (Å²) in [6, 6.07) is 19.8. The standard InChI is InChI=1S/C23H20N4O2/c1-29-18-13-27(14-18)23(28)20-9-5-8-19(25-20)17-10-16-11-21(26-22(16)24-12-17)15-6-3-2-4-7-15/h2-12,18H,13-14H2,1H3,(H,24,26). The van der Waals surface area contributed by atoms with Crippen LogP contribution in [0.5, 0.6) is 0 Å². The van der Waals surface area contributed by atoms with Crippen molar-refractivity contribution in [1.82, 2.24) is 19.9 Å². The van der Waals surface area contributed by atoms with E-state index < -0.39 is 0 Å². The highest BCUT2D eigenvalue weighted by Gasteiger charge is 2.31. The summed E-state index contributed by atoms with van der Waals surface area (Å²) in [5.41, 5.74) is 5.01. The summed E-state index contributed by atoms with van der Waals surface area (Å²) in [6.45, 7) is 1.22. The van der Waals surface area contributed by atoms with Gasteiger partial charge in [-0.05, 0) is 29.8 Å². The lowest BCUT2D eigenvalue weighted by molar-refractivity contribution is -0.0194. The molecule has 0 bridgehead atoms. The fraction of sp³-hybridized carbons (Fsp3) is 0.174. The minimum Gasteiger partial charge on any atom is -0.378 e. The van der Waals surface area contributed by atoms with E-state index in [2.05, 4.69) is 33.2 Å². The van der Waals surface area contributed by atoms with Crippen LogP contribution in [0.15, 0.2) is 66.9 Å². The lowest BCUT2D eigenvalue weighted by Crippen LogP contribution is -2.54. The van der Waals surface area contributed by atoms with Crippen LogP contribution in [-0.4, -0.2) is 52.1 Å². The summed E-state index contributed by atoms with van der Waals surface area (Å²) in [5.74, 6) is -0.0674. The molecule has 0 aliphatic carbocycles. The Morgan fingerprint density at radius 1 is 1.07 bits per heavy atom. The molecule has 1 saturated heterocycles. The molecule has 0 saturated carbocycles. The third-order valence-corrected chi connectivity index (χ3v) is 5.29. The van der Waals surface area contributed by atoms with Gasteiger partial charge in [-0.3, -0.25) is 4.79 Å². The van der Waals surface area contributed by atoms with Gasteiger partial charge in [0.25, 0.3) is 5.91 Å². The molecule has 0 atom stereocenters. The number of nitrogens with zero attached hydrogens (tertiary/aromatic N) is 3. The second-order valence-corrected chi connectivity index (χ2v) is 7.19. The summed E-state index contributed by atoms with van der Waals surface area (Å²) < 4.78 is 5.24. The predicted octanol–water partition coefficient (Wildman–Crippen LogP) is 3.76. The number of amides is 1. The number of fused-ring (bicyclic) bond motifs is 1. The van der Waals surface area contributed by atoms with Crippen molar-refractivity contribution in [3.8, 4) is 22.5 Å². The first-order chi connectivity index (χ1) is 14.2. The number of H-pyrrole nitrogens is 1. The maximum absolute atomic E-state index is 12.6. The first-order valence-electron chi connectivity index (χ1n) is 9.55. The molecule has 1 N–H and O–H groups in total. The van der Waals surface area contributed by atoms with Gasteiger partial charge in [0.05, 0.1) is 11.8 Å². The summed E-state index contributed by atoms with van der Waals surface area (Å²) in [6.07, 6.45) is 1.91. The smallest absolute Gasteiger partial charge is 0.272 e. The van der Waals surface area contributed by atoms with Crippen molar-refractivity contribution in [3.05, 3.63) is 72.6 Å². The number of methoxy groups -OCH3 is 1. The first-order valence-corrected chi connectivity index (χ1v) is 9.55. The Morgan fingerprint density at radius 3 is 2.69 bits per heavy atom. The van der Waals surface area contributed by atoms with Gasteiger partial charge in [0.2, 0.25) is 0 Å². The maximum Gasteiger partial charge on any atom is 0.272 e. The van der Waals surface area contributed by atoms with Gasteiger partial charge in [0.1, 0.15) is 11.3 Å². The molecule has 5 rings (SSSR count). The van der Waals surface area contributed by atoms with Gasteiger partial charge in [0.15, 0.2) is 0 Å². The van der Waals surface area contributed by atoms with E-state index in [9.17, 15) is 4.79 Å². The van der Waals surface area contributed by atoms with E-state index in [-0.39, 0.29) is 12.0 Å². The van der Waals surface area contributed by atoms with Gasteiger partial charge >= 0.3 is 0 Å². The molecule has 144 valence electrons. The van der Waals surface area contributed by atoms with E-state index in [0.717, 1.165) is 33.5 Å². The van der Waals surface area contributed by atoms with E-state index in [0.29, 0.717) is 18.8 Å². The highest BCUT2D eigenvalue weighted by Crippen LogP contribution is 2.26.